The summed E-state index contributed by atoms with van der Waals surface area (Å²) in [5.41, 5.74) is 2.05. The molecular weight excluding hydrogens is 388 g/mol. The monoisotopic (exact) mass is 414 g/mol. The van der Waals surface area contributed by atoms with E-state index < -0.39 is 23.0 Å². The molecule has 0 atom stereocenters. The molecular formula is C26H26F4. The van der Waals surface area contributed by atoms with Crippen LogP contribution in [-0.2, 0) is 0 Å². The third-order valence-electron chi connectivity index (χ3n) is 6.66. The summed E-state index contributed by atoms with van der Waals surface area (Å²) in [7, 11) is 0. The van der Waals surface area contributed by atoms with E-state index in [1.807, 2.05) is 0 Å². The van der Waals surface area contributed by atoms with Crippen LogP contribution in [-0.4, -0.2) is 11.8 Å². The van der Waals surface area contributed by atoms with E-state index in [0.717, 1.165) is 36.1 Å². The molecule has 2 aliphatic rings. The zero-order valence-corrected chi connectivity index (χ0v) is 17.3. The van der Waals surface area contributed by atoms with Gasteiger partial charge in [-0.2, -0.15) is 17.6 Å². The van der Waals surface area contributed by atoms with Crippen molar-refractivity contribution in [1.82, 2.24) is 0 Å². The van der Waals surface area contributed by atoms with Gasteiger partial charge in [-0.3, -0.25) is 0 Å². The van der Waals surface area contributed by atoms with Gasteiger partial charge in [-0.15, -0.1) is 0 Å². The second-order valence-electron chi connectivity index (χ2n) is 8.73. The van der Waals surface area contributed by atoms with Crippen LogP contribution in [0.4, 0.5) is 17.6 Å². The Bertz CT molecular complexity index is 957. The fourth-order valence-electron chi connectivity index (χ4n) is 4.50. The summed E-state index contributed by atoms with van der Waals surface area (Å²) in [6, 6.07) is 14.8. The Morgan fingerprint density at radius 2 is 1.17 bits per heavy atom. The molecule has 2 aromatic carbocycles. The molecule has 1 fully saturated rings. The summed E-state index contributed by atoms with van der Waals surface area (Å²) in [4.78, 5) is 0. The first kappa shape index (κ1) is 20.9. The molecule has 0 aromatic heterocycles. The molecule has 0 N–H and O–H groups in total. The van der Waals surface area contributed by atoms with Crippen molar-refractivity contribution in [2.45, 2.75) is 57.3 Å². The first-order valence-electron chi connectivity index (χ1n) is 10.6. The molecule has 158 valence electrons. The number of alkyl halides is 4. The van der Waals surface area contributed by atoms with E-state index >= 15 is 0 Å². The minimum absolute atomic E-state index is 0.111. The van der Waals surface area contributed by atoms with Crippen LogP contribution in [0.1, 0.15) is 56.6 Å². The Morgan fingerprint density at radius 3 is 1.73 bits per heavy atom. The number of rotatable bonds is 3. The second-order valence-corrected chi connectivity index (χ2v) is 8.73. The number of benzene rings is 2. The third-order valence-corrected chi connectivity index (χ3v) is 6.66. The summed E-state index contributed by atoms with van der Waals surface area (Å²) < 4.78 is 56.8. The predicted molar refractivity (Wildman–Crippen MR) is 114 cm³/mol. The number of hydrogen-bond donors (Lipinski definition) is 0. The number of allylic oxidation sites excluding steroid dienone is 4. The molecule has 4 heteroatoms. The van der Waals surface area contributed by atoms with Gasteiger partial charge in [0.15, 0.2) is 0 Å². The minimum Gasteiger partial charge on any atom is -0.194 e. The van der Waals surface area contributed by atoms with Gasteiger partial charge in [0.25, 0.3) is 0 Å². The van der Waals surface area contributed by atoms with Gasteiger partial charge in [0.05, 0.1) is 0 Å². The third kappa shape index (κ3) is 3.61. The molecule has 0 spiro atoms. The maximum atomic E-state index is 14.4. The highest BCUT2D eigenvalue weighted by molar-refractivity contribution is 5.77. The van der Waals surface area contributed by atoms with Gasteiger partial charge in [-0.05, 0) is 53.9 Å². The molecule has 0 amide bonds. The normalized spacial score (nSPS) is 25.4. The van der Waals surface area contributed by atoms with Crippen LogP contribution in [0.25, 0.3) is 16.7 Å². The Hall–Kier alpha value is -2.36. The average molecular weight is 414 g/mol. The molecule has 0 saturated heterocycles. The van der Waals surface area contributed by atoms with Crippen molar-refractivity contribution in [3.05, 3.63) is 77.4 Å². The van der Waals surface area contributed by atoms with Gasteiger partial charge in [-0.1, -0.05) is 80.4 Å². The van der Waals surface area contributed by atoms with Gasteiger partial charge in [0.1, 0.15) is 0 Å². The summed E-state index contributed by atoms with van der Waals surface area (Å²) in [6.07, 6.45) is 7.14. The first-order valence-corrected chi connectivity index (χ1v) is 10.6. The van der Waals surface area contributed by atoms with E-state index in [2.05, 4.69) is 31.2 Å². The fourth-order valence-corrected chi connectivity index (χ4v) is 4.50. The van der Waals surface area contributed by atoms with E-state index in [4.69, 9.17) is 0 Å². The lowest BCUT2D eigenvalue weighted by Crippen LogP contribution is -2.43. The Balaban J connectivity index is 1.54. The van der Waals surface area contributed by atoms with Crippen LogP contribution >= 0.6 is 0 Å². The molecule has 0 aliphatic heterocycles. The highest BCUT2D eigenvalue weighted by atomic mass is 19.3. The molecule has 0 radical (unpaired) electrons. The lowest BCUT2D eigenvalue weighted by atomic mass is 9.79. The van der Waals surface area contributed by atoms with E-state index in [0.29, 0.717) is 5.92 Å². The Kier molecular flexibility index (Phi) is 5.37. The van der Waals surface area contributed by atoms with Crippen LogP contribution in [0.15, 0.2) is 66.3 Å². The maximum Gasteiger partial charge on any atom is 0.339 e. The first-order chi connectivity index (χ1) is 14.2. The van der Waals surface area contributed by atoms with Crippen LogP contribution in [0.2, 0.25) is 0 Å². The van der Waals surface area contributed by atoms with E-state index in [1.54, 1.807) is 12.1 Å². The Morgan fingerprint density at radius 1 is 0.667 bits per heavy atom. The quantitative estimate of drug-likeness (QED) is 0.444. The molecule has 30 heavy (non-hydrogen) atoms. The van der Waals surface area contributed by atoms with Crippen LogP contribution in [0.5, 0.6) is 0 Å². The summed E-state index contributed by atoms with van der Waals surface area (Å²) in [5, 5.41) is 0. The molecule has 4 rings (SSSR count). The van der Waals surface area contributed by atoms with Crippen molar-refractivity contribution in [1.29, 1.82) is 0 Å². The molecule has 0 nitrogen and oxygen atoms in total. The molecule has 2 aromatic rings. The van der Waals surface area contributed by atoms with E-state index in [9.17, 15) is 17.6 Å². The van der Waals surface area contributed by atoms with Gasteiger partial charge in [0.2, 0.25) is 0 Å². The van der Waals surface area contributed by atoms with Crippen molar-refractivity contribution >= 4 is 5.57 Å². The molecule has 2 aliphatic carbocycles. The summed E-state index contributed by atoms with van der Waals surface area (Å²) in [6.45, 7) is 3.34. The maximum absolute atomic E-state index is 14.4. The highest BCUT2D eigenvalue weighted by Gasteiger charge is 2.60. The van der Waals surface area contributed by atoms with Crippen LogP contribution in [0, 0.1) is 5.92 Å². The van der Waals surface area contributed by atoms with Crippen molar-refractivity contribution in [3.8, 4) is 11.1 Å². The van der Waals surface area contributed by atoms with E-state index in [1.165, 1.54) is 43.4 Å². The molecule has 0 unspecified atom stereocenters. The lowest BCUT2D eigenvalue weighted by Gasteiger charge is -2.32. The number of halogens is 4. The molecule has 0 bridgehead atoms. The van der Waals surface area contributed by atoms with Gasteiger partial charge in [-0.25, -0.2) is 0 Å². The van der Waals surface area contributed by atoms with Crippen molar-refractivity contribution in [2.24, 2.45) is 5.92 Å². The minimum atomic E-state index is -4.23. The standard InChI is InChI=1S/C26H26F4/c1-17-3-6-19(7-4-17)20-8-10-21(11-9-20)22-12-14-23(15-13-22)24-16-5-18(2)25(27,28)26(24,29)30/h5,8-17,19H,3-4,6-7H2,1-2H3. The lowest BCUT2D eigenvalue weighted by molar-refractivity contribution is -0.148. The molecule has 0 heterocycles. The largest absolute Gasteiger partial charge is 0.339 e. The number of hydrogen-bond acceptors (Lipinski definition) is 0. The smallest absolute Gasteiger partial charge is 0.194 e. The van der Waals surface area contributed by atoms with E-state index in [-0.39, 0.29) is 5.56 Å². The zero-order chi connectivity index (χ0) is 21.5. The zero-order valence-electron chi connectivity index (χ0n) is 17.3. The SMILES string of the molecule is CC1=CC=C(c2ccc(-c3ccc(C4CCC(C)CC4)cc3)cc2)C(F)(F)C1(F)F. The van der Waals surface area contributed by atoms with Crippen molar-refractivity contribution in [2.75, 3.05) is 0 Å². The van der Waals surface area contributed by atoms with Gasteiger partial charge in [0, 0.05) is 11.1 Å². The topological polar surface area (TPSA) is 0 Å². The van der Waals surface area contributed by atoms with Crippen LogP contribution in [0.3, 0.4) is 0 Å². The molecule has 1 saturated carbocycles. The summed E-state index contributed by atoms with van der Waals surface area (Å²) >= 11 is 0. The summed E-state index contributed by atoms with van der Waals surface area (Å²) in [5.74, 6) is -6.99. The highest BCUT2D eigenvalue weighted by Crippen LogP contribution is 2.50. The van der Waals surface area contributed by atoms with Gasteiger partial charge >= 0.3 is 11.8 Å². The Labute approximate surface area is 175 Å². The van der Waals surface area contributed by atoms with Gasteiger partial charge < -0.3 is 0 Å². The second kappa shape index (κ2) is 7.72. The van der Waals surface area contributed by atoms with Crippen molar-refractivity contribution < 1.29 is 17.6 Å². The predicted octanol–water partition coefficient (Wildman–Crippen LogP) is 8.26. The average Bonchev–Trinajstić information content (AvgIpc) is 2.74. The van der Waals surface area contributed by atoms with Crippen LogP contribution < -0.4 is 0 Å². The van der Waals surface area contributed by atoms with Crippen molar-refractivity contribution in [3.63, 3.8) is 0 Å². The fraction of sp³-hybridized carbons (Fsp3) is 0.385.